The Labute approximate surface area is 304 Å². The van der Waals surface area contributed by atoms with Gasteiger partial charge in [-0.15, -0.1) is 0 Å². The molecule has 0 fully saturated rings. The predicted octanol–water partition coefficient (Wildman–Crippen LogP) is 8.13. The first-order valence-electron chi connectivity index (χ1n) is 16.7. The maximum Gasteiger partial charge on any atom is 0.335 e. The molecule has 0 unspecified atom stereocenters. The Kier molecular flexibility index (Phi) is 11.3. The molecule has 0 bridgehead atoms. The zero-order valence-electron chi connectivity index (χ0n) is 30.0. The molecule has 5 rings (SSSR count). The molecular formula is C39H45Cl2N5O4. The van der Waals surface area contributed by atoms with Crippen molar-refractivity contribution in [1.29, 1.82) is 0 Å². The molecule has 0 atom stereocenters. The Morgan fingerprint density at radius 1 is 0.980 bits per heavy atom. The van der Waals surface area contributed by atoms with Crippen molar-refractivity contribution in [2.45, 2.75) is 47.0 Å². The van der Waals surface area contributed by atoms with E-state index < -0.39 is 5.97 Å². The molecule has 9 nitrogen and oxygen atoms in total. The monoisotopic (exact) mass is 717 g/mol. The summed E-state index contributed by atoms with van der Waals surface area (Å²) in [7, 11) is 7.79. The normalized spacial score (nSPS) is 12.5. The van der Waals surface area contributed by atoms with Crippen molar-refractivity contribution < 1.29 is 19.4 Å². The van der Waals surface area contributed by atoms with Gasteiger partial charge in [0.25, 0.3) is 5.91 Å². The van der Waals surface area contributed by atoms with Gasteiger partial charge in [0.15, 0.2) is 0 Å². The lowest BCUT2D eigenvalue weighted by Crippen LogP contribution is -2.28. The number of allylic oxidation sites excluding steroid dienone is 1. The van der Waals surface area contributed by atoms with Crippen LogP contribution in [0.1, 0.15) is 56.8 Å². The first kappa shape index (κ1) is 37.0. The van der Waals surface area contributed by atoms with E-state index in [2.05, 4.69) is 15.3 Å². The van der Waals surface area contributed by atoms with Crippen LogP contribution in [-0.4, -0.2) is 72.5 Å². The molecule has 1 heterocycles. The van der Waals surface area contributed by atoms with Crippen molar-refractivity contribution in [3.8, 4) is 16.9 Å². The van der Waals surface area contributed by atoms with E-state index in [4.69, 9.17) is 27.9 Å². The summed E-state index contributed by atoms with van der Waals surface area (Å²) < 4.78 is 7.98. The number of carbonyl (C=O) groups is 2. The number of aromatic carboxylic acids is 1. The van der Waals surface area contributed by atoms with E-state index in [1.54, 1.807) is 6.07 Å². The number of anilines is 2. The van der Waals surface area contributed by atoms with Gasteiger partial charge < -0.3 is 25.0 Å². The fourth-order valence-corrected chi connectivity index (χ4v) is 6.96. The highest BCUT2D eigenvalue weighted by molar-refractivity contribution is 6.34. The number of rotatable bonds is 13. The Hall–Kier alpha value is -4.31. The zero-order valence-corrected chi connectivity index (χ0v) is 31.5. The topological polar surface area (TPSA) is 99.9 Å². The van der Waals surface area contributed by atoms with Gasteiger partial charge in [-0.05, 0) is 119 Å². The molecule has 3 aromatic carbocycles. The molecule has 0 aliphatic heterocycles. The second-order valence-corrected chi connectivity index (χ2v) is 14.1. The molecule has 1 aliphatic rings. The number of likely N-dealkylation sites (N-methyl/N-ethyl adjacent to an activating group) is 2. The number of carboxylic acid groups (broad SMARTS) is 1. The largest absolute Gasteiger partial charge is 0.494 e. The molecule has 264 valence electrons. The lowest BCUT2D eigenvalue weighted by molar-refractivity contribution is -0.112. The van der Waals surface area contributed by atoms with E-state index in [1.165, 1.54) is 6.07 Å². The highest BCUT2D eigenvalue weighted by atomic mass is 35.5. The van der Waals surface area contributed by atoms with Crippen molar-refractivity contribution in [3.63, 3.8) is 0 Å². The number of hydrogen-bond donors (Lipinski definition) is 2. The molecule has 4 aromatic rings. The van der Waals surface area contributed by atoms with Crippen molar-refractivity contribution in [2.24, 2.45) is 7.05 Å². The smallest absolute Gasteiger partial charge is 0.335 e. The minimum atomic E-state index is -1.07. The molecule has 0 radical (unpaired) electrons. The average molecular weight is 719 g/mol. The number of ether oxygens (including phenoxy) is 1. The third-order valence-electron chi connectivity index (χ3n) is 9.33. The summed E-state index contributed by atoms with van der Waals surface area (Å²) >= 11 is 13.3. The van der Waals surface area contributed by atoms with E-state index in [1.807, 2.05) is 95.8 Å². The zero-order chi connectivity index (χ0) is 36.4. The SMILES string of the molecule is Cc1cc(OCCCC2=C(C(=O)Nc3cc(C(=O)O)cc(N(C)CCN(C)C)c3)Cc3c2ccc(Cl)c3-c2c(C)nn(C)c2C)cc(C)c1Cl. The molecule has 0 saturated heterocycles. The van der Waals surface area contributed by atoms with Gasteiger partial charge >= 0.3 is 5.97 Å². The van der Waals surface area contributed by atoms with Crippen LogP contribution in [0.25, 0.3) is 16.7 Å². The van der Waals surface area contributed by atoms with Gasteiger partial charge in [0.05, 0.1) is 17.9 Å². The molecule has 2 N–H and O–H groups in total. The van der Waals surface area contributed by atoms with Gasteiger partial charge in [-0.25, -0.2) is 4.79 Å². The number of hydrogen-bond acceptors (Lipinski definition) is 6. The van der Waals surface area contributed by atoms with E-state index >= 15 is 0 Å². The Morgan fingerprint density at radius 3 is 2.30 bits per heavy atom. The van der Waals surface area contributed by atoms with Crippen LogP contribution in [0.5, 0.6) is 5.75 Å². The number of carboxylic acids is 1. The van der Waals surface area contributed by atoms with Crippen LogP contribution in [0.3, 0.4) is 0 Å². The second-order valence-electron chi connectivity index (χ2n) is 13.3. The van der Waals surface area contributed by atoms with Crippen LogP contribution < -0.4 is 15.0 Å². The quantitative estimate of drug-likeness (QED) is 0.135. The summed E-state index contributed by atoms with van der Waals surface area (Å²) in [5, 5.41) is 18.9. The van der Waals surface area contributed by atoms with Crippen LogP contribution >= 0.6 is 23.2 Å². The summed E-state index contributed by atoms with van der Waals surface area (Å²) in [6.45, 7) is 9.81. The minimum Gasteiger partial charge on any atom is -0.494 e. The van der Waals surface area contributed by atoms with E-state index in [0.717, 1.165) is 67.7 Å². The van der Waals surface area contributed by atoms with Crippen LogP contribution in [0, 0.1) is 27.7 Å². The maximum atomic E-state index is 14.3. The molecule has 0 saturated carbocycles. The van der Waals surface area contributed by atoms with Crippen LogP contribution in [0.15, 0.2) is 48.0 Å². The van der Waals surface area contributed by atoms with Crippen molar-refractivity contribution >= 4 is 52.0 Å². The summed E-state index contributed by atoms with van der Waals surface area (Å²) in [6.07, 6.45) is 1.61. The number of benzene rings is 3. The fourth-order valence-electron chi connectivity index (χ4n) is 6.58. The maximum absolute atomic E-state index is 14.3. The molecule has 0 spiro atoms. The van der Waals surface area contributed by atoms with E-state index in [9.17, 15) is 14.7 Å². The highest BCUT2D eigenvalue weighted by Gasteiger charge is 2.31. The fraction of sp³-hybridized carbons (Fsp3) is 0.359. The summed E-state index contributed by atoms with van der Waals surface area (Å²) in [5.74, 6) is -0.597. The number of aromatic nitrogens is 2. The molecule has 1 amide bonds. The Morgan fingerprint density at radius 2 is 1.68 bits per heavy atom. The minimum absolute atomic E-state index is 0.0971. The summed E-state index contributed by atoms with van der Waals surface area (Å²) in [6, 6.07) is 12.7. The summed E-state index contributed by atoms with van der Waals surface area (Å²) in [5.41, 5.74) is 10.3. The molecular weight excluding hydrogens is 673 g/mol. The lowest BCUT2D eigenvalue weighted by Gasteiger charge is -2.23. The number of aryl methyl sites for hydroxylation is 4. The summed E-state index contributed by atoms with van der Waals surface area (Å²) in [4.78, 5) is 30.4. The number of nitrogens with zero attached hydrogens (tertiary/aromatic N) is 4. The first-order valence-corrected chi connectivity index (χ1v) is 17.4. The van der Waals surface area contributed by atoms with Crippen LogP contribution in [0.2, 0.25) is 10.0 Å². The molecule has 50 heavy (non-hydrogen) atoms. The first-order chi connectivity index (χ1) is 23.7. The van der Waals surface area contributed by atoms with Crippen LogP contribution in [-0.2, 0) is 18.3 Å². The van der Waals surface area contributed by atoms with Crippen molar-refractivity contribution in [2.75, 3.05) is 51.1 Å². The van der Waals surface area contributed by atoms with E-state index in [-0.39, 0.29) is 11.5 Å². The van der Waals surface area contributed by atoms with Crippen LogP contribution in [0.4, 0.5) is 11.4 Å². The Bertz CT molecular complexity index is 1980. The van der Waals surface area contributed by atoms with Crippen molar-refractivity contribution in [1.82, 2.24) is 14.7 Å². The number of carbonyl (C=O) groups excluding carboxylic acids is 1. The van der Waals surface area contributed by atoms with E-state index in [0.29, 0.717) is 54.4 Å². The third kappa shape index (κ3) is 7.85. The van der Waals surface area contributed by atoms with Gasteiger partial charge in [0.2, 0.25) is 0 Å². The highest BCUT2D eigenvalue weighted by Crippen LogP contribution is 2.46. The number of fused-ring (bicyclic) bond motifs is 1. The Balaban J connectivity index is 1.49. The molecule has 1 aliphatic carbocycles. The van der Waals surface area contributed by atoms with Gasteiger partial charge in [-0.1, -0.05) is 29.3 Å². The average Bonchev–Trinajstić information content (AvgIpc) is 3.55. The van der Waals surface area contributed by atoms with Gasteiger partial charge in [-0.2, -0.15) is 5.10 Å². The van der Waals surface area contributed by atoms with Gasteiger partial charge in [-0.3, -0.25) is 9.48 Å². The van der Waals surface area contributed by atoms with Gasteiger partial charge in [0.1, 0.15) is 5.75 Å². The third-order valence-corrected chi connectivity index (χ3v) is 10.2. The number of halogens is 2. The second kappa shape index (κ2) is 15.3. The number of nitrogens with one attached hydrogen (secondary N) is 1. The number of amides is 1. The predicted molar refractivity (Wildman–Crippen MR) is 203 cm³/mol. The van der Waals surface area contributed by atoms with Gasteiger partial charge in [0, 0.05) is 77.4 Å². The van der Waals surface area contributed by atoms with Crippen molar-refractivity contribution in [3.05, 3.63) is 97.3 Å². The lowest BCUT2D eigenvalue weighted by atomic mass is 9.93. The molecule has 1 aromatic heterocycles. The molecule has 11 heteroatoms. The standard InChI is InChI=1S/C39H45Cl2N5O4/c1-22-16-29(17-23(2)37(22)41)50-15-9-10-30-31-11-12-34(40)36(35-24(3)43-46(8)25(35)4)32(31)21-33(30)38(47)42-27-18-26(39(48)49)19-28(20-27)45(7)14-13-44(5)6/h11-12,16-20H,9-10,13-15,21H2,1-8H3,(H,42,47)(H,48,49).